The standard InChI is InChI=1S/C20H18ClNO5/c1-22-17(12-6-9-14(26-2)15(10-12)27-3)16(19(24)20(22)25)18(23)11-4-7-13(21)8-5-11/h4-10,17,23H,1-3H3/t17-/m0/s1. The lowest BCUT2D eigenvalue weighted by molar-refractivity contribution is -0.139. The van der Waals surface area contributed by atoms with E-state index in [1.807, 2.05) is 0 Å². The van der Waals surface area contributed by atoms with Crippen molar-refractivity contribution in [1.82, 2.24) is 4.90 Å². The van der Waals surface area contributed by atoms with Gasteiger partial charge in [0.25, 0.3) is 11.7 Å². The Labute approximate surface area is 161 Å². The number of aliphatic hydroxyl groups is 1. The summed E-state index contributed by atoms with van der Waals surface area (Å²) < 4.78 is 10.5. The first-order valence-electron chi connectivity index (χ1n) is 8.11. The van der Waals surface area contributed by atoms with Crippen LogP contribution in [0.15, 0.2) is 48.0 Å². The average molecular weight is 388 g/mol. The lowest BCUT2D eigenvalue weighted by Gasteiger charge is -2.22. The molecule has 0 aliphatic carbocycles. The number of ether oxygens (including phenoxy) is 2. The summed E-state index contributed by atoms with van der Waals surface area (Å²) in [5, 5.41) is 11.3. The van der Waals surface area contributed by atoms with E-state index in [0.717, 1.165) is 0 Å². The van der Waals surface area contributed by atoms with Crippen LogP contribution in [0.25, 0.3) is 5.76 Å². The van der Waals surface area contributed by atoms with Crippen molar-refractivity contribution in [3.63, 3.8) is 0 Å². The van der Waals surface area contributed by atoms with Gasteiger partial charge in [0.05, 0.1) is 25.8 Å². The first-order chi connectivity index (χ1) is 12.9. The molecule has 1 aliphatic rings. The van der Waals surface area contributed by atoms with Crippen LogP contribution in [0.4, 0.5) is 0 Å². The largest absolute Gasteiger partial charge is 0.507 e. The number of hydrogen-bond donors (Lipinski definition) is 1. The van der Waals surface area contributed by atoms with Gasteiger partial charge in [0.2, 0.25) is 0 Å². The zero-order valence-electron chi connectivity index (χ0n) is 15.0. The predicted octanol–water partition coefficient (Wildman–Crippen LogP) is 3.41. The Morgan fingerprint density at radius 3 is 2.26 bits per heavy atom. The van der Waals surface area contributed by atoms with Crippen LogP contribution in [-0.4, -0.2) is 43.0 Å². The monoisotopic (exact) mass is 387 g/mol. The molecule has 1 amide bonds. The molecule has 0 aromatic heterocycles. The summed E-state index contributed by atoms with van der Waals surface area (Å²) >= 11 is 5.88. The highest BCUT2D eigenvalue weighted by Gasteiger charge is 2.44. The molecule has 1 fully saturated rings. The zero-order chi connectivity index (χ0) is 19.7. The van der Waals surface area contributed by atoms with Crippen LogP contribution in [-0.2, 0) is 9.59 Å². The van der Waals surface area contributed by atoms with Gasteiger partial charge in [0.1, 0.15) is 5.76 Å². The molecule has 6 nitrogen and oxygen atoms in total. The number of ketones is 1. The van der Waals surface area contributed by atoms with E-state index in [1.54, 1.807) is 42.5 Å². The molecule has 2 aromatic carbocycles. The van der Waals surface area contributed by atoms with Gasteiger partial charge in [0.15, 0.2) is 11.5 Å². The Bertz CT molecular complexity index is 936. The van der Waals surface area contributed by atoms with E-state index in [1.165, 1.54) is 26.2 Å². The summed E-state index contributed by atoms with van der Waals surface area (Å²) in [6, 6.07) is 10.7. The minimum absolute atomic E-state index is 0.0112. The van der Waals surface area contributed by atoms with E-state index in [-0.39, 0.29) is 11.3 Å². The number of halogens is 1. The van der Waals surface area contributed by atoms with Crippen LogP contribution in [0.5, 0.6) is 11.5 Å². The molecular formula is C20H18ClNO5. The van der Waals surface area contributed by atoms with Crippen molar-refractivity contribution in [2.24, 2.45) is 0 Å². The minimum atomic E-state index is -0.750. The van der Waals surface area contributed by atoms with Gasteiger partial charge < -0.3 is 19.5 Å². The second-order valence-electron chi connectivity index (χ2n) is 6.03. The van der Waals surface area contributed by atoms with E-state index in [0.29, 0.717) is 27.6 Å². The van der Waals surface area contributed by atoms with Gasteiger partial charge in [-0.2, -0.15) is 0 Å². The Morgan fingerprint density at radius 2 is 1.67 bits per heavy atom. The fourth-order valence-electron chi connectivity index (χ4n) is 3.12. The van der Waals surface area contributed by atoms with Gasteiger partial charge in [-0.3, -0.25) is 9.59 Å². The molecule has 1 N–H and O–H groups in total. The van der Waals surface area contributed by atoms with Crippen LogP contribution in [0.3, 0.4) is 0 Å². The number of amides is 1. The van der Waals surface area contributed by atoms with Crippen molar-refractivity contribution in [2.75, 3.05) is 21.3 Å². The number of rotatable bonds is 4. The van der Waals surface area contributed by atoms with Crippen LogP contribution in [0, 0.1) is 0 Å². The van der Waals surface area contributed by atoms with E-state index in [2.05, 4.69) is 0 Å². The van der Waals surface area contributed by atoms with Crippen LogP contribution in [0.2, 0.25) is 5.02 Å². The number of methoxy groups -OCH3 is 2. The number of benzene rings is 2. The lowest BCUT2D eigenvalue weighted by Crippen LogP contribution is -2.24. The minimum Gasteiger partial charge on any atom is -0.507 e. The number of carbonyl (C=O) groups is 2. The van der Waals surface area contributed by atoms with Gasteiger partial charge in [-0.25, -0.2) is 0 Å². The fourth-order valence-corrected chi connectivity index (χ4v) is 3.25. The SMILES string of the molecule is COc1ccc([C@H]2C(=C(O)c3ccc(Cl)cc3)C(=O)C(=O)N2C)cc1OC. The van der Waals surface area contributed by atoms with E-state index in [4.69, 9.17) is 21.1 Å². The summed E-state index contributed by atoms with van der Waals surface area (Å²) in [7, 11) is 4.53. The molecule has 0 radical (unpaired) electrons. The molecule has 0 saturated carbocycles. The first kappa shape index (κ1) is 18.8. The zero-order valence-corrected chi connectivity index (χ0v) is 15.8. The topological polar surface area (TPSA) is 76.1 Å². The molecule has 1 atom stereocenters. The van der Waals surface area contributed by atoms with Crippen molar-refractivity contribution < 1.29 is 24.2 Å². The summed E-state index contributed by atoms with van der Waals surface area (Å²) in [5.74, 6) is -0.711. The van der Waals surface area contributed by atoms with Crippen molar-refractivity contribution in [3.8, 4) is 11.5 Å². The lowest BCUT2D eigenvalue weighted by atomic mass is 9.95. The third-order valence-corrected chi connectivity index (χ3v) is 4.77. The molecule has 1 heterocycles. The quantitative estimate of drug-likeness (QED) is 0.494. The van der Waals surface area contributed by atoms with E-state index in [9.17, 15) is 14.7 Å². The summed E-state index contributed by atoms with van der Waals surface area (Å²) in [6.45, 7) is 0. The number of hydrogen-bond acceptors (Lipinski definition) is 5. The molecule has 0 bridgehead atoms. The van der Waals surface area contributed by atoms with Gasteiger partial charge >= 0.3 is 0 Å². The van der Waals surface area contributed by atoms with Crippen LogP contribution < -0.4 is 9.47 Å². The fraction of sp³-hybridized carbons (Fsp3) is 0.200. The summed E-state index contributed by atoms with van der Waals surface area (Å²) in [5.41, 5.74) is 1.03. The van der Waals surface area contributed by atoms with Gasteiger partial charge in [-0.15, -0.1) is 0 Å². The van der Waals surface area contributed by atoms with Crippen LogP contribution >= 0.6 is 11.6 Å². The molecule has 1 aliphatic heterocycles. The number of aliphatic hydroxyl groups excluding tert-OH is 1. The molecule has 3 rings (SSSR count). The maximum atomic E-state index is 12.6. The first-order valence-corrected chi connectivity index (χ1v) is 8.49. The van der Waals surface area contributed by atoms with Gasteiger partial charge in [-0.05, 0) is 42.0 Å². The third kappa shape index (κ3) is 3.24. The number of likely N-dealkylation sites (N-methyl/N-ethyl adjacent to an activating group) is 1. The third-order valence-electron chi connectivity index (χ3n) is 4.52. The highest BCUT2D eigenvalue weighted by atomic mass is 35.5. The van der Waals surface area contributed by atoms with E-state index >= 15 is 0 Å². The maximum absolute atomic E-state index is 12.6. The van der Waals surface area contributed by atoms with Crippen LogP contribution in [0.1, 0.15) is 17.2 Å². The maximum Gasteiger partial charge on any atom is 0.295 e. The van der Waals surface area contributed by atoms with Gasteiger partial charge in [-0.1, -0.05) is 17.7 Å². The second-order valence-corrected chi connectivity index (χ2v) is 6.47. The molecule has 27 heavy (non-hydrogen) atoms. The smallest absolute Gasteiger partial charge is 0.295 e. The highest BCUT2D eigenvalue weighted by Crippen LogP contribution is 2.41. The average Bonchev–Trinajstić information content (AvgIpc) is 2.91. The Morgan fingerprint density at radius 1 is 1.04 bits per heavy atom. The van der Waals surface area contributed by atoms with Crippen molar-refractivity contribution in [2.45, 2.75) is 6.04 Å². The molecule has 1 saturated heterocycles. The molecule has 0 spiro atoms. The van der Waals surface area contributed by atoms with Gasteiger partial charge in [0, 0.05) is 17.6 Å². The van der Waals surface area contributed by atoms with E-state index < -0.39 is 17.7 Å². The Balaban J connectivity index is 2.17. The summed E-state index contributed by atoms with van der Waals surface area (Å²) in [6.07, 6.45) is 0. The predicted molar refractivity (Wildman–Crippen MR) is 101 cm³/mol. The number of likely N-dealkylation sites (tertiary alicyclic amines) is 1. The highest BCUT2D eigenvalue weighted by molar-refractivity contribution is 6.46. The Kier molecular flexibility index (Phi) is 5.10. The molecule has 7 heteroatoms. The normalized spacial score (nSPS) is 18.7. The summed E-state index contributed by atoms with van der Waals surface area (Å²) in [4.78, 5) is 26.2. The van der Waals surface area contributed by atoms with Crippen molar-refractivity contribution >= 4 is 29.1 Å². The second kappa shape index (κ2) is 7.32. The van der Waals surface area contributed by atoms with Crippen molar-refractivity contribution in [3.05, 3.63) is 64.2 Å². The number of nitrogens with zero attached hydrogens (tertiary/aromatic N) is 1. The number of Topliss-reactive ketones (excluding diaryl/α,β-unsaturated/α-hetero) is 1. The van der Waals surface area contributed by atoms with Crippen molar-refractivity contribution in [1.29, 1.82) is 0 Å². The molecule has 0 unspecified atom stereocenters. The number of carbonyl (C=O) groups excluding carboxylic acids is 2. The molecular weight excluding hydrogens is 370 g/mol. The molecule has 2 aromatic rings. The molecule has 140 valence electrons. The Hall–Kier alpha value is -2.99.